The number of anilines is 1. The molecule has 3 nitrogen and oxygen atoms in total. The van der Waals surface area contributed by atoms with Crippen molar-refractivity contribution in [3.8, 4) is 0 Å². The zero-order chi connectivity index (χ0) is 13.0. The van der Waals surface area contributed by atoms with Crippen LogP contribution >= 0.6 is 0 Å². The summed E-state index contributed by atoms with van der Waals surface area (Å²) in [4.78, 5) is 7.20. The second-order valence-corrected chi connectivity index (χ2v) is 5.25. The van der Waals surface area contributed by atoms with Gasteiger partial charge in [0.2, 0.25) is 0 Å². The second kappa shape index (κ2) is 6.19. The fourth-order valence-electron chi connectivity index (χ4n) is 2.70. The Morgan fingerprint density at radius 1 is 1.39 bits per heavy atom. The van der Waals surface area contributed by atoms with Gasteiger partial charge in [-0.15, -0.1) is 0 Å². The van der Waals surface area contributed by atoms with E-state index in [0.717, 1.165) is 36.9 Å². The van der Waals surface area contributed by atoms with Crippen molar-refractivity contribution in [3.05, 3.63) is 23.4 Å². The molecule has 1 aliphatic heterocycles. The van der Waals surface area contributed by atoms with E-state index in [2.05, 4.69) is 30.9 Å². The monoisotopic (exact) mass is 247 g/mol. The third kappa shape index (κ3) is 3.02. The van der Waals surface area contributed by atoms with Crippen LogP contribution in [-0.2, 0) is 13.0 Å². The highest BCUT2D eigenvalue weighted by Crippen LogP contribution is 2.24. The summed E-state index contributed by atoms with van der Waals surface area (Å²) in [6, 6.07) is 4.29. The van der Waals surface area contributed by atoms with Crippen molar-refractivity contribution in [2.24, 2.45) is 11.7 Å². The number of pyridine rings is 1. The molecule has 1 aromatic rings. The van der Waals surface area contributed by atoms with Gasteiger partial charge in [-0.2, -0.15) is 0 Å². The maximum atomic E-state index is 5.78. The van der Waals surface area contributed by atoms with Gasteiger partial charge in [0.05, 0.1) is 0 Å². The van der Waals surface area contributed by atoms with E-state index >= 15 is 0 Å². The van der Waals surface area contributed by atoms with Gasteiger partial charge >= 0.3 is 0 Å². The van der Waals surface area contributed by atoms with E-state index < -0.39 is 0 Å². The standard InChI is InChI=1S/C15H25N3/c1-3-12-6-5-7-18(11-12)15-9-13(10-16)8-14(4-2)17-15/h8-9,12H,3-7,10-11,16H2,1-2H3. The highest BCUT2D eigenvalue weighted by molar-refractivity contribution is 5.43. The molecule has 0 aromatic carbocycles. The van der Waals surface area contributed by atoms with Crippen LogP contribution in [0.25, 0.3) is 0 Å². The molecule has 0 radical (unpaired) electrons. The van der Waals surface area contributed by atoms with Crippen molar-refractivity contribution in [1.29, 1.82) is 0 Å². The molecule has 1 atom stereocenters. The van der Waals surface area contributed by atoms with Crippen molar-refractivity contribution in [2.45, 2.75) is 46.1 Å². The third-order valence-corrected chi connectivity index (χ3v) is 3.94. The molecule has 18 heavy (non-hydrogen) atoms. The second-order valence-electron chi connectivity index (χ2n) is 5.25. The SMILES string of the molecule is CCc1cc(CN)cc(N2CCCC(CC)C2)n1. The number of nitrogens with two attached hydrogens (primary N) is 1. The van der Waals surface area contributed by atoms with Crippen molar-refractivity contribution < 1.29 is 0 Å². The minimum absolute atomic E-state index is 0.605. The third-order valence-electron chi connectivity index (χ3n) is 3.94. The lowest BCUT2D eigenvalue weighted by atomic mass is 9.95. The molecule has 2 N–H and O–H groups in total. The van der Waals surface area contributed by atoms with Crippen LogP contribution in [0.5, 0.6) is 0 Å². The summed E-state index contributed by atoms with van der Waals surface area (Å²) in [7, 11) is 0. The molecule has 1 unspecified atom stereocenters. The topological polar surface area (TPSA) is 42.1 Å². The molecule has 3 heteroatoms. The number of aryl methyl sites for hydroxylation is 1. The van der Waals surface area contributed by atoms with Crippen LogP contribution in [0.3, 0.4) is 0 Å². The highest BCUT2D eigenvalue weighted by atomic mass is 15.2. The van der Waals surface area contributed by atoms with E-state index in [9.17, 15) is 0 Å². The fraction of sp³-hybridized carbons (Fsp3) is 0.667. The quantitative estimate of drug-likeness (QED) is 0.889. The fourth-order valence-corrected chi connectivity index (χ4v) is 2.70. The average molecular weight is 247 g/mol. The van der Waals surface area contributed by atoms with E-state index in [0.29, 0.717) is 6.54 Å². The molecule has 1 fully saturated rings. The van der Waals surface area contributed by atoms with Gasteiger partial charge in [0, 0.05) is 25.3 Å². The molecule has 2 rings (SSSR count). The van der Waals surface area contributed by atoms with Crippen LogP contribution in [-0.4, -0.2) is 18.1 Å². The van der Waals surface area contributed by atoms with E-state index in [1.165, 1.54) is 24.8 Å². The summed E-state index contributed by atoms with van der Waals surface area (Å²) < 4.78 is 0. The number of aromatic nitrogens is 1. The van der Waals surface area contributed by atoms with Crippen LogP contribution in [0.4, 0.5) is 5.82 Å². The van der Waals surface area contributed by atoms with Crippen molar-refractivity contribution in [2.75, 3.05) is 18.0 Å². The summed E-state index contributed by atoms with van der Waals surface area (Å²) in [5.41, 5.74) is 8.14. The van der Waals surface area contributed by atoms with Gasteiger partial charge in [0.15, 0.2) is 0 Å². The molecule has 0 saturated carbocycles. The average Bonchev–Trinajstić information content (AvgIpc) is 2.46. The Hall–Kier alpha value is -1.09. The van der Waals surface area contributed by atoms with E-state index in [1.54, 1.807) is 0 Å². The van der Waals surface area contributed by atoms with Crippen LogP contribution in [0.1, 0.15) is 44.4 Å². The zero-order valence-corrected chi connectivity index (χ0v) is 11.7. The number of rotatable bonds is 4. The Morgan fingerprint density at radius 3 is 2.89 bits per heavy atom. The van der Waals surface area contributed by atoms with E-state index in [-0.39, 0.29) is 0 Å². The predicted molar refractivity (Wildman–Crippen MR) is 76.7 cm³/mol. The molecule has 100 valence electrons. The zero-order valence-electron chi connectivity index (χ0n) is 11.7. The van der Waals surface area contributed by atoms with Crippen molar-refractivity contribution in [1.82, 2.24) is 4.98 Å². The molecule has 0 aliphatic carbocycles. The first-order chi connectivity index (χ1) is 8.76. The summed E-state index contributed by atoms with van der Waals surface area (Å²) >= 11 is 0. The molecule has 1 aromatic heterocycles. The Labute approximate surface area is 110 Å². The number of hydrogen-bond acceptors (Lipinski definition) is 3. The summed E-state index contributed by atoms with van der Waals surface area (Å²) in [5.74, 6) is 1.96. The number of hydrogen-bond donors (Lipinski definition) is 1. The molecule has 2 heterocycles. The number of piperidine rings is 1. The lowest BCUT2D eigenvalue weighted by molar-refractivity contribution is 0.403. The number of nitrogens with zero attached hydrogens (tertiary/aromatic N) is 2. The van der Waals surface area contributed by atoms with Gasteiger partial charge in [-0.05, 0) is 42.9 Å². The maximum absolute atomic E-state index is 5.78. The van der Waals surface area contributed by atoms with Gasteiger partial charge in [-0.3, -0.25) is 0 Å². The highest BCUT2D eigenvalue weighted by Gasteiger charge is 2.20. The van der Waals surface area contributed by atoms with E-state index in [4.69, 9.17) is 10.7 Å². The Bertz CT molecular complexity index is 367. The summed E-state index contributed by atoms with van der Waals surface area (Å²) in [5, 5.41) is 0. The Balaban J connectivity index is 2.20. The van der Waals surface area contributed by atoms with Crippen molar-refractivity contribution >= 4 is 5.82 Å². The van der Waals surface area contributed by atoms with Gasteiger partial charge in [-0.25, -0.2) is 4.98 Å². The minimum Gasteiger partial charge on any atom is -0.356 e. The van der Waals surface area contributed by atoms with Crippen LogP contribution in [0.15, 0.2) is 12.1 Å². The first-order valence-corrected chi connectivity index (χ1v) is 7.21. The van der Waals surface area contributed by atoms with Crippen LogP contribution < -0.4 is 10.6 Å². The molecular formula is C15H25N3. The first-order valence-electron chi connectivity index (χ1n) is 7.21. The van der Waals surface area contributed by atoms with Gasteiger partial charge < -0.3 is 10.6 Å². The lowest BCUT2D eigenvalue weighted by Gasteiger charge is -2.33. The smallest absolute Gasteiger partial charge is 0.129 e. The van der Waals surface area contributed by atoms with Gasteiger partial charge in [-0.1, -0.05) is 20.3 Å². The summed E-state index contributed by atoms with van der Waals surface area (Å²) in [6.45, 7) is 7.34. The van der Waals surface area contributed by atoms with Crippen LogP contribution in [0, 0.1) is 5.92 Å². The molecule has 0 amide bonds. The summed E-state index contributed by atoms with van der Waals surface area (Å²) in [6.07, 6.45) is 4.90. The Morgan fingerprint density at radius 2 is 2.22 bits per heavy atom. The lowest BCUT2D eigenvalue weighted by Crippen LogP contribution is -2.35. The minimum atomic E-state index is 0.605. The molecule has 1 aliphatic rings. The van der Waals surface area contributed by atoms with Crippen LogP contribution in [0.2, 0.25) is 0 Å². The molecule has 1 saturated heterocycles. The first kappa shape index (κ1) is 13.3. The van der Waals surface area contributed by atoms with Gasteiger partial charge in [0.25, 0.3) is 0 Å². The van der Waals surface area contributed by atoms with Gasteiger partial charge in [0.1, 0.15) is 5.82 Å². The molecule has 0 spiro atoms. The maximum Gasteiger partial charge on any atom is 0.129 e. The Kier molecular flexibility index (Phi) is 4.59. The van der Waals surface area contributed by atoms with E-state index in [1.807, 2.05) is 0 Å². The molecular weight excluding hydrogens is 222 g/mol. The van der Waals surface area contributed by atoms with Crippen molar-refractivity contribution in [3.63, 3.8) is 0 Å². The normalized spacial score (nSPS) is 20.2. The predicted octanol–water partition coefficient (Wildman–Crippen LogP) is 2.73. The largest absolute Gasteiger partial charge is 0.356 e. The molecule has 0 bridgehead atoms.